The second-order valence-corrected chi connectivity index (χ2v) is 9.16. The van der Waals surface area contributed by atoms with E-state index in [4.69, 9.17) is 18.9 Å². The van der Waals surface area contributed by atoms with Gasteiger partial charge in [0, 0.05) is 5.56 Å². The van der Waals surface area contributed by atoms with E-state index in [0.29, 0.717) is 22.8 Å². The Hall–Kier alpha value is -5.37. The van der Waals surface area contributed by atoms with Crippen LogP contribution in [0.3, 0.4) is 0 Å². The lowest BCUT2D eigenvalue weighted by atomic mass is 10.0. The van der Waals surface area contributed by atoms with Crippen LogP contribution >= 0.6 is 0 Å². The van der Waals surface area contributed by atoms with Gasteiger partial charge < -0.3 is 18.9 Å². The molecule has 0 spiro atoms. The smallest absolute Gasteiger partial charge is 0.343 e. The van der Waals surface area contributed by atoms with Gasteiger partial charge in [0.25, 0.3) is 5.91 Å². The number of esters is 1. The van der Waals surface area contributed by atoms with Crippen LogP contribution in [0.1, 0.15) is 22.8 Å². The number of carbonyl (C=O) groups is 2. The molecule has 0 aliphatic heterocycles. The topological polar surface area (TPSA) is 95.5 Å². The van der Waals surface area contributed by atoms with Crippen molar-refractivity contribution in [1.29, 1.82) is 0 Å². The molecule has 41 heavy (non-hydrogen) atoms. The minimum absolute atomic E-state index is 0.280. The number of nitrogens with zero attached hydrogens (tertiary/aromatic N) is 1. The van der Waals surface area contributed by atoms with Gasteiger partial charge in [0.15, 0.2) is 17.6 Å². The molecule has 0 aliphatic carbocycles. The number of nitrogens with one attached hydrogen (secondary N) is 1. The summed E-state index contributed by atoms with van der Waals surface area (Å²) in [5.74, 6) is 0.744. The maximum Gasteiger partial charge on any atom is 0.343 e. The highest BCUT2D eigenvalue weighted by molar-refractivity contribution is 6.04. The van der Waals surface area contributed by atoms with Crippen LogP contribution in [-0.4, -0.2) is 38.4 Å². The van der Waals surface area contributed by atoms with Crippen molar-refractivity contribution in [2.75, 3.05) is 14.2 Å². The molecule has 8 heteroatoms. The summed E-state index contributed by atoms with van der Waals surface area (Å²) in [5.41, 5.74) is 3.34. The third-order valence-corrected chi connectivity index (χ3v) is 6.52. The molecule has 0 saturated heterocycles. The number of rotatable bonds is 9. The van der Waals surface area contributed by atoms with E-state index in [1.807, 2.05) is 72.8 Å². The second-order valence-electron chi connectivity index (χ2n) is 9.16. The monoisotopic (exact) mass is 548 g/mol. The Morgan fingerprint density at radius 2 is 1.44 bits per heavy atom. The Morgan fingerprint density at radius 1 is 0.756 bits per heavy atom. The summed E-state index contributed by atoms with van der Waals surface area (Å²) in [6.07, 6.45) is 0.656. The largest absolute Gasteiger partial charge is 0.493 e. The van der Waals surface area contributed by atoms with Crippen molar-refractivity contribution in [3.8, 4) is 23.0 Å². The molecule has 1 N–H and O–H groups in total. The van der Waals surface area contributed by atoms with Crippen LogP contribution in [0.25, 0.3) is 21.5 Å². The lowest BCUT2D eigenvalue weighted by Crippen LogP contribution is -2.33. The van der Waals surface area contributed by atoms with Gasteiger partial charge >= 0.3 is 5.97 Å². The molecule has 0 bridgehead atoms. The number of fused-ring (bicyclic) bond motifs is 2. The van der Waals surface area contributed by atoms with Crippen molar-refractivity contribution in [2.24, 2.45) is 5.10 Å². The SMILES string of the molecule is COc1ccc(C(=O)Oc2ccc3ccccc3c2/C=N\NC(=O)[C@@H](C)Oc2ccc3ccccc3c2)cc1OC. The van der Waals surface area contributed by atoms with E-state index in [9.17, 15) is 9.59 Å². The predicted molar refractivity (Wildman–Crippen MR) is 158 cm³/mol. The third-order valence-electron chi connectivity index (χ3n) is 6.52. The maximum absolute atomic E-state index is 13.0. The molecule has 5 aromatic rings. The standard InChI is InChI=1S/C33H28N2O6/c1-21(40-26-15-12-22-8-4-5-10-24(22)18-26)32(36)35-34-20-28-27-11-7-6-9-23(27)13-16-29(28)41-33(37)25-14-17-30(38-2)31(19-25)39-3/h4-21H,1-3H3,(H,35,36)/b34-20-/t21-/m1/s1. The van der Waals surface area contributed by atoms with E-state index in [1.54, 1.807) is 31.2 Å². The number of methoxy groups -OCH3 is 2. The normalized spacial score (nSPS) is 11.8. The van der Waals surface area contributed by atoms with Crippen LogP contribution in [0.15, 0.2) is 102 Å². The van der Waals surface area contributed by atoms with Crippen LogP contribution in [0.5, 0.6) is 23.0 Å². The fourth-order valence-electron chi connectivity index (χ4n) is 4.37. The summed E-state index contributed by atoms with van der Waals surface area (Å²) in [4.78, 5) is 25.8. The van der Waals surface area contributed by atoms with Crippen LogP contribution < -0.4 is 24.4 Å². The number of amides is 1. The highest BCUT2D eigenvalue weighted by atomic mass is 16.5. The van der Waals surface area contributed by atoms with Crippen molar-refractivity contribution in [2.45, 2.75) is 13.0 Å². The molecule has 0 saturated carbocycles. The maximum atomic E-state index is 13.0. The van der Waals surface area contributed by atoms with Crippen LogP contribution in [-0.2, 0) is 4.79 Å². The van der Waals surface area contributed by atoms with E-state index < -0.39 is 18.0 Å². The van der Waals surface area contributed by atoms with Crippen LogP contribution in [0.2, 0.25) is 0 Å². The molecule has 0 aromatic heterocycles. The first-order chi connectivity index (χ1) is 20.0. The Kier molecular flexibility index (Phi) is 8.10. The summed E-state index contributed by atoms with van der Waals surface area (Å²) in [5, 5.41) is 7.97. The first kappa shape index (κ1) is 27.2. The van der Waals surface area contributed by atoms with Gasteiger partial charge in [-0.3, -0.25) is 4.79 Å². The van der Waals surface area contributed by atoms with Gasteiger partial charge in [-0.25, -0.2) is 10.2 Å². The highest BCUT2D eigenvalue weighted by Crippen LogP contribution is 2.30. The van der Waals surface area contributed by atoms with Gasteiger partial charge in [0.1, 0.15) is 11.5 Å². The molecule has 206 valence electrons. The Labute approximate surface area is 237 Å². The summed E-state index contributed by atoms with van der Waals surface area (Å²) in [7, 11) is 3.01. The molecule has 8 nitrogen and oxygen atoms in total. The second kappa shape index (κ2) is 12.2. The van der Waals surface area contributed by atoms with E-state index >= 15 is 0 Å². The average Bonchev–Trinajstić information content (AvgIpc) is 3.01. The fourth-order valence-corrected chi connectivity index (χ4v) is 4.37. The molecular weight excluding hydrogens is 520 g/mol. The number of carbonyl (C=O) groups excluding carboxylic acids is 2. The van der Waals surface area contributed by atoms with Crippen molar-refractivity contribution in [3.05, 3.63) is 108 Å². The predicted octanol–water partition coefficient (Wildman–Crippen LogP) is 6.15. The number of hydrogen-bond acceptors (Lipinski definition) is 7. The highest BCUT2D eigenvalue weighted by Gasteiger charge is 2.17. The first-order valence-corrected chi connectivity index (χ1v) is 12.9. The number of hydrazone groups is 1. The van der Waals surface area contributed by atoms with Gasteiger partial charge in [-0.15, -0.1) is 0 Å². The first-order valence-electron chi connectivity index (χ1n) is 12.9. The van der Waals surface area contributed by atoms with E-state index in [1.165, 1.54) is 20.4 Å². The molecule has 0 heterocycles. The van der Waals surface area contributed by atoms with Crippen molar-refractivity contribution < 1.29 is 28.5 Å². The number of hydrogen-bond donors (Lipinski definition) is 1. The summed E-state index contributed by atoms with van der Waals surface area (Å²) >= 11 is 0. The molecular formula is C33H28N2O6. The van der Waals surface area contributed by atoms with Gasteiger partial charge in [0.2, 0.25) is 0 Å². The summed E-state index contributed by atoms with van der Waals surface area (Å²) in [6.45, 7) is 1.65. The van der Waals surface area contributed by atoms with E-state index in [0.717, 1.165) is 21.5 Å². The molecule has 0 fully saturated rings. The zero-order valence-electron chi connectivity index (χ0n) is 22.8. The van der Waals surface area contributed by atoms with Gasteiger partial charge in [-0.05, 0) is 64.9 Å². The average molecular weight is 549 g/mol. The Balaban J connectivity index is 1.33. The quantitative estimate of drug-likeness (QED) is 0.103. The van der Waals surface area contributed by atoms with Crippen LogP contribution in [0, 0.1) is 0 Å². The third kappa shape index (κ3) is 6.12. The molecule has 1 amide bonds. The van der Waals surface area contributed by atoms with Gasteiger partial charge in [-0.1, -0.05) is 60.7 Å². The summed E-state index contributed by atoms with van der Waals surface area (Å²) in [6, 6.07) is 29.5. The van der Waals surface area contributed by atoms with Crippen molar-refractivity contribution >= 4 is 39.6 Å². The van der Waals surface area contributed by atoms with E-state index in [2.05, 4.69) is 10.5 Å². The zero-order valence-corrected chi connectivity index (χ0v) is 22.8. The summed E-state index contributed by atoms with van der Waals surface area (Å²) < 4.78 is 22.2. The lowest BCUT2D eigenvalue weighted by Gasteiger charge is -2.14. The molecule has 0 unspecified atom stereocenters. The Bertz CT molecular complexity index is 1760. The van der Waals surface area contributed by atoms with Crippen molar-refractivity contribution in [1.82, 2.24) is 5.43 Å². The zero-order chi connectivity index (χ0) is 28.8. The molecule has 0 aliphatic rings. The molecule has 1 atom stereocenters. The minimum atomic E-state index is -0.803. The number of ether oxygens (including phenoxy) is 4. The Morgan fingerprint density at radius 3 is 2.22 bits per heavy atom. The molecule has 5 rings (SSSR count). The number of benzene rings is 5. The van der Waals surface area contributed by atoms with Crippen LogP contribution in [0.4, 0.5) is 0 Å². The van der Waals surface area contributed by atoms with Gasteiger partial charge in [-0.2, -0.15) is 5.10 Å². The molecule has 0 radical (unpaired) electrons. The fraction of sp³-hybridized carbons (Fsp3) is 0.121. The van der Waals surface area contributed by atoms with E-state index in [-0.39, 0.29) is 11.3 Å². The lowest BCUT2D eigenvalue weighted by molar-refractivity contribution is -0.127. The molecule has 5 aromatic carbocycles. The minimum Gasteiger partial charge on any atom is -0.493 e. The van der Waals surface area contributed by atoms with Crippen molar-refractivity contribution in [3.63, 3.8) is 0 Å². The van der Waals surface area contributed by atoms with Gasteiger partial charge in [0.05, 0.1) is 26.0 Å².